The van der Waals surface area contributed by atoms with Crippen molar-refractivity contribution < 1.29 is 9.47 Å². The lowest BCUT2D eigenvalue weighted by Crippen LogP contribution is -1.98. The number of hydrogen-bond acceptors (Lipinski definition) is 5. The van der Waals surface area contributed by atoms with Crippen LogP contribution in [0.4, 0.5) is 5.82 Å². The zero-order valence-electron chi connectivity index (χ0n) is 10.4. The van der Waals surface area contributed by atoms with E-state index in [-0.39, 0.29) is 0 Å². The van der Waals surface area contributed by atoms with Crippen LogP contribution >= 0.6 is 31.9 Å². The fourth-order valence-corrected chi connectivity index (χ4v) is 2.63. The summed E-state index contributed by atoms with van der Waals surface area (Å²) in [6.45, 7) is 1.28. The van der Waals surface area contributed by atoms with E-state index in [0.717, 1.165) is 22.2 Å². The van der Waals surface area contributed by atoms with Crippen molar-refractivity contribution in [3.63, 3.8) is 0 Å². The van der Waals surface area contributed by atoms with E-state index < -0.39 is 0 Å². The van der Waals surface area contributed by atoms with Crippen LogP contribution in [-0.2, 0) is 0 Å². The van der Waals surface area contributed by atoms with Gasteiger partial charge in [0, 0.05) is 18.2 Å². The zero-order valence-corrected chi connectivity index (χ0v) is 13.6. The quantitative estimate of drug-likeness (QED) is 0.794. The number of anilines is 1. The Bertz CT molecular complexity index is 664. The Morgan fingerprint density at radius 3 is 2.70 bits per heavy atom. The zero-order chi connectivity index (χ0) is 14.1. The maximum atomic E-state index is 5.79. The Labute approximate surface area is 132 Å². The van der Waals surface area contributed by atoms with E-state index in [1.165, 1.54) is 0 Å². The van der Waals surface area contributed by atoms with Gasteiger partial charge in [0.2, 0.25) is 0 Å². The SMILES string of the molecule is Nc1nc(-c2cc(Br)c3c(c2)OCCCO3)ncc1Br. The molecule has 3 rings (SSSR count). The minimum absolute atomic E-state index is 0.401. The number of rotatable bonds is 1. The van der Waals surface area contributed by atoms with Gasteiger partial charge in [-0.05, 0) is 44.0 Å². The van der Waals surface area contributed by atoms with Gasteiger partial charge in [0.25, 0.3) is 0 Å². The highest BCUT2D eigenvalue weighted by atomic mass is 79.9. The Hall–Kier alpha value is -1.34. The first-order valence-electron chi connectivity index (χ1n) is 6.02. The highest BCUT2D eigenvalue weighted by molar-refractivity contribution is 9.11. The molecule has 0 saturated heterocycles. The van der Waals surface area contributed by atoms with E-state index in [2.05, 4.69) is 41.8 Å². The van der Waals surface area contributed by atoms with E-state index in [9.17, 15) is 0 Å². The van der Waals surface area contributed by atoms with Crippen molar-refractivity contribution in [2.45, 2.75) is 6.42 Å². The molecule has 0 radical (unpaired) electrons. The van der Waals surface area contributed by atoms with Gasteiger partial charge in [-0.1, -0.05) is 0 Å². The summed E-state index contributed by atoms with van der Waals surface area (Å²) in [5, 5.41) is 0. The Morgan fingerprint density at radius 1 is 1.10 bits per heavy atom. The van der Waals surface area contributed by atoms with Gasteiger partial charge in [0.15, 0.2) is 17.3 Å². The Kier molecular flexibility index (Phi) is 3.80. The number of ether oxygens (including phenoxy) is 2. The van der Waals surface area contributed by atoms with Gasteiger partial charge in [0.1, 0.15) is 5.82 Å². The average Bonchev–Trinajstić information content (AvgIpc) is 2.67. The van der Waals surface area contributed by atoms with Crippen molar-refractivity contribution in [1.29, 1.82) is 0 Å². The van der Waals surface area contributed by atoms with Crippen molar-refractivity contribution in [1.82, 2.24) is 9.97 Å². The molecule has 1 aromatic heterocycles. The maximum absolute atomic E-state index is 5.79. The third-order valence-corrected chi connectivity index (χ3v) is 4.03. The van der Waals surface area contributed by atoms with Crippen LogP contribution in [0.2, 0.25) is 0 Å². The highest BCUT2D eigenvalue weighted by Gasteiger charge is 2.17. The van der Waals surface area contributed by atoms with E-state index in [1.54, 1.807) is 6.20 Å². The minimum atomic E-state index is 0.401. The predicted molar refractivity (Wildman–Crippen MR) is 82.9 cm³/mol. The molecule has 2 N–H and O–H groups in total. The minimum Gasteiger partial charge on any atom is -0.489 e. The fourth-order valence-electron chi connectivity index (χ4n) is 1.88. The first-order chi connectivity index (χ1) is 9.65. The number of hydrogen-bond donors (Lipinski definition) is 1. The number of nitrogen functional groups attached to an aromatic ring is 1. The van der Waals surface area contributed by atoms with Crippen LogP contribution in [0.1, 0.15) is 6.42 Å². The highest BCUT2D eigenvalue weighted by Crippen LogP contribution is 2.40. The lowest BCUT2D eigenvalue weighted by molar-refractivity contribution is 0.296. The number of halogens is 2. The predicted octanol–water partition coefficient (Wildman–Crippen LogP) is 3.41. The molecule has 1 aromatic carbocycles. The number of fused-ring (bicyclic) bond motifs is 1. The molecule has 0 amide bonds. The van der Waals surface area contributed by atoms with Crippen molar-refractivity contribution in [2.24, 2.45) is 0 Å². The summed E-state index contributed by atoms with van der Waals surface area (Å²) in [5.41, 5.74) is 6.61. The van der Waals surface area contributed by atoms with E-state index in [0.29, 0.717) is 35.1 Å². The summed E-state index contributed by atoms with van der Waals surface area (Å²) >= 11 is 6.78. The smallest absolute Gasteiger partial charge is 0.175 e. The number of nitrogens with two attached hydrogens (primary N) is 1. The normalized spacial score (nSPS) is 13.9. The Morgan fingerprint density at radius 2 is 1.90 bits per heavy atom. The topological polar surface area (TPSA) is 70.3 Å². The molecule has 0 bridgehead atoms. The summed E-state index contributed by atoms with van der Waals surface area (Å²) in [6, 6.07) is 3.77. The van der Waals surface area contributed by atoms with Crippen molar-refractivity contribution in [3.8, 4) is 22.9 Å². The fraction of sp³-hybridized carbons (Fsp3) is 0.231. The number of nitrogens with zero attached hydrogens (tertiary/aromatic N) is 2. The summed E-state index contributed by atoms with van der Waals surface area (Å²) in [6.07, 6.45) is 2.49. The molecule has 0 atom stereocenters. The molecule has 0 aliphatic carbocycles. The third kappa shape index (κ3) is 2.60. The number of aromatic nitrogens is 2. The first kappa shape index (κ1) is 13.6. The molecule has 5 nitrogen and oxygen atoms in total. The van der Waals surface area contributed by atoms with E-state index >= 15 is 0 Å². The van der Waals surface area contributed by atoms with E-state index in [1.807, 2.05) is 12.1 Å². The van der Waals surface area contributed by atoms with Crippen LogP contribution in [0, 0.1) is 0 Å². The molecule has 0 unspecified atom stereocenters. The maximum Gasteiger partial charge on any atom is 0.175 e. The molecule has 20 heavy (non-hydrogen) atoms. The van der Waals surface area contributed by atoms with Gasteiger partial charge in [-0.3, -0.25) is 0 Å². The molecule has 0 spiro atoms. The molecule has 7 heteroatoms. The van der Waals surface area contributed by atoms with Crippen LogP contribution < -0.4 is 15.2 Å². The van der Waals surface area contributed by atoms with Gasteiger partial charge < -0.3 is 15.2 Å². The molecule has 0 saturated carbocycles. The van der Waals surface area contributed by atoms with Gasteiger partial charge in [-0.25, -0.2) is 9.97 Å². The molecular formula is C13H11Br2N3O2. The third-order valence-electron chi connectivity index (χ3n) is 2.83. The second-order valence-corrected chi connectivity index (χ2v) is 5.97. The van der Waals surface area contributed by atoms with Crippen LogP contribution in [0.3, 0.4) is 0 Å². The van der Waals surface area contributed by atoms with Crippen LogP contribution in [0.5, 0.6) is 11.5 Å². The van der Waals surface area contributed by atoms with Gasteiger partial charge >= 0.3 is 0 Å². The van der Waals surface area contributed by atoms with Crippen molar-refractivity contribution in [2.75, 3.05) is 18.9 Å². The second kappa shape index (κ2) is 5.57. The molecule has 2 heterocycles. The summed E-state index contributed by atoms with van der Waals surface area (Å²) in [5.74, 6) is 2.36. The molecule has 0 fully saturated rings. The lowest BCUT2D eigenvalue weighted by atomic mass is 10.2. The number of benzene rings is 1. The van der Waals surface area contributed by atoms with Gasteiger partial charge in [-0.15, -0.1) is 0 Å². The monoisotopic (exact) mass is 399 g/mol. The van der Waals surface area contributed by atoms with Crippen LogP contribution in [0.15, 0.2) is 27.3 Å². The molecular weight excluding hydrogens is 390 g/mol. The largest absolute Gasteiger partial charge is 0.489 e. The lowest BCUT2D eigenvalue weighted by Gasteiger charge is -2.11. The summed E-state index contributed by atoms with van der Waals surface area (Å²) in [4.78, 5) is 8.53. The van der Waals surface area contributed by atoms with Crippen molar-refractivity contribution >= 4 is 37.7 Å². The van der Waals surface area contributed by atoms with Crippen LogP contribution in [0.25, 0.3) is 11.4 Å². The van der Waals surface area contributed by atoms with Gasteiger partial charge in [0.05, 0.1) is 22.2 Å². The molecule has 1 aliphatic heterocycles. The second-order valence-electron chi connectivity index (χ2n) is 4.26. The van der Waals surface area contributed by atoms with Crippen molar-refractivity contribution in [3.05, 3.63) is 27.3 Å². The van der Waals surface area contributed by atoms with Gasteiger partial charge in [-0.2, -0.15) is 0 Å². The average molecular weight is 401 g/mol. The Balaban J connectivity index is 2.08. The molecule has 104 valence electrons. The van der Waals surface area contributed by atoms with E-state index in [4.69, 9.17) is 15.2 Å². The molecule has 2 aromatic rings. The first-order valence-corrected chi connectivity index (χ1v) is 7.61. The summed E-state index contributed by atoms with van der Waals surface area (Å²) < 4.78 is 12.9. The van der Waals surface area contributed by atoms with Crippen LogP contribution in [-0.4, -0.2) is 23.2 Å². The standard InChI is InChI=1S/C13H11Br2N3O2/c14-8-4-7(13-17-6-9(15)12(16)18-13)5-10-11(8)20-3-1-2-19-10/h4-6H,1-3H2,(H2,16,17,18). The molecule has 1 aliphatic rings. The summed E-state index contributed by atoms with van der Waals surface area (Å²) in [7, 11) is 0.